The van der Waals surface area contributed by atoms with Gasteiger partial charge in [0.2, 0.25) is 6.29 Å². The number of aromatic nitrogens is 2. The third-order valence-electron chi connectivity index (χ3n) is 6.79. The monoisotopic (exact) mass is 590 g/mol. The van der Waals surface area contributed by atoms with Gasteiger partial charge in [0.05, 0.1) is 12.5 Å². The molecule has 43 heavy (non-hydrogen) atoms. The zero-order valence-electron chi connectivity index (χ0n) is 23.7. The number of carbonyl (C=O) groups is 4. The fourth-order valence-electron chi connectivity index (χ4n) is 4.64. The van der Waals surface area contributed by atoms with Gasteiger partial charge >= 0.3 is 12.1 Å². The molecular formula is C31H34N4O8. The summed E-state index contributed by atoms with van der Waals surface area (Å²) in [6.07, 6.45) is 3.18. The van der Waals surface area contributed by atoms with Gasteiger partial charge in [0.1, 0.15) is 11.7 Å². The number of nitrogens with zero attached hydrogens (tertiary/aromatic N) is 1. The molecule has 0 aliphatic heterocycles. The van der Waals surface area contributed by atoms with E-state index in [1.165, 1.54) is 6.92 Å². The molecule has 1 aromatic heterocycles. The Morgan fingerprint density at radius 3 is 2.14 bits per heavy atom. The van der Waals surface area contributed by atoms with Gasteiger partial charge in [0, 0.05) is 19.7 Å². The Morgan fingerprint density at radius 2 is 1.53 bits per heavy atom. The lowest BCUT2D eigenvalue weighted by molar-refractivity contribution is -0.168. The molecule has 2 amide bonds. The predicted octanol–water partition coefficient (Wildman–Crippen LogP) is 3.78. The van der Waals surface area contributed by atoms with Crippen molar-refractivity contribution in [1.82, 2.24) is 20.6 Å². The molecule has 1 unspecified atom stereocenters. The minimum atomic E-state index is -1.17. The van der Waals surface area contributed by atoms with Gasteiger partial charge < -0.3 is 29.8 Å². The van der Waals surface area contributed by atoms with Crippen molar-refractivity contribution in [1.29, 1.82) is 0 Å². The summed E-state index contributed by atoms with van der Waals surface area (Å²) in [5.41, 5.74) is 0.568. The normalized spacial score (nSPS) is 13.9. The summed E-state index contributed by atoms with van der Waals surface area (Å²) in [5.74, 6) is -2.48. The van der Waals surface area contributed by atoms with Crippen molar-refractivity contribution in [3.05, 3.63) is 99.7 Å². The average molecular weight is 591 g/mol. The number of hydrogen-bond acceptors (Lipinski definition) is 9. The van der Waals surface area contributed by atoms with Gasteiger partial charge in [-0.05, 0) is 36.8 Å². The van der Waals surface area contributed by atoms with E-state index in [1.807, 2.05) is 60.7 Å². The van der Waals surface area contributed by atoms with Crippen LogP contribution in [0.2, 0.25) is 0 Å². The van der Waals surface area contributed by atoms with E-state index in [0.717, 1.165) is 49.4 Å². The van der Waals surface area contributed by atoms with Crippen LogP contribution < -0.4 is 16.2 Å². The number of ether oxygens (including phenoxy) is 3. The molecule has 1 fully saturated rings. The molecule has 3 aromatic rings. The highest BCUT2D eigenvalue weighted by Crippen LogP contribution is 2.22. The Labute approximate surface area is 248 Å². The summed E-state index contributed by atoms with van der Waals surface area (Å²) in [7, 11) is 0. The standard InChI is InChI=1S/C31H34N4O8/c1-20(42-31(40)43-23-15-9-4-10-16-23)41-25(36)17-18-32-30(39)27-33-19-24(29(38)35-27)28(37)34-26(21-11-5-2-6-12-21)22-13-7-3-8-14-22/h2-3,5-8,11-14,19-20,23,26H,4,9-10,15-18H2,1H3,(H,32,39)(H,34,37)(H,33,35,38). The van der Waals surface area contributed by atoms with Crippen LogP contribution in [0.4, 0.5) is 4.79 Å². The van der Waals surface area contributed by atoms with Crippen LogP contribution >= 0.6 is 0 Å². The largest absolute Gasteiger partial charge is 0.511 e. The lowest BCUT2D eigenvalue weighted by Gasteiger charge is -2.22. The van der Waals surface area contributed by atoms with E-state index >= 15 is 0 Å². The quantitative estimate of drug-likeness (QED) is 0.222. The van der Waals surface area contributed by atoms with Crippen molar-refractivity contribution < 1.29 is 33.4 Å². The molecule has 1 saturated carbocycles. The molecule has 1 heterocycles. The van der Waals surface area contributed by atoms with Crippen molar-refractivity contribution in [3.63, 3.8) is 0 Å². The zero-order valence-corrected chi connectivity index (χ0v) is 23.7. The summed E-state index contributed by atoms with van der Waals surface area (Å²) in [6.45, 7) is 1.24. The Morgan fingerprint density at radius 1 is 0.907 bits per heavy atom. The van der Waals surface area contributed by atoms with Crippen LogP contribution in [0.1, 0.15) is 83.6 Å². The number of nitrogens with one attached hydrogen (secondary N) is 3. The maximum absolute atomic E-state index is 13.0. The molecule has 1 aliphatic rings. The van der Waals surface area contributed by atoms with Crippen molar-refractivity contribution in [2.24, 2.45) is 0 Å². The summed E-state index contributed by atoms with van der Waals surface area (Å²) in [6, 6.07) is 18.1. The van der Waals surface area contributed by atoms with Gasteiger partial charge in [-0.15, -0.1) is 0 Å². The number of hydrogen-bond donors (Lipinski definition) is 3. The topological polar surface area (TPSA) is 166 Å². The van der Waals surface area contributed by atoms with Gasteiger partial charge in [0.25, 0.3) is 17.4 Å². The summed E-state index contributed by atoms with van der Waals surface area (Å²) in [4.78, 5) is 68.4. The SMILES string of the molecule is CC(OC(=O)CCNC(=O)c1ncc(C(=O)NC(c2ccccc2)c2ccccc2)c(=O)[nH]1)OC(=O)OC1CCCCC1. The molecule has 12 nitrogen and oxygen atoms in total. The second kappa shape index (κ2) is 15.3. The zero-order chi connectivity index (χ0) is 30.6. The Balaban J connectivity index is 1.25. The number of benzene rings is 2. The summed E-state index contributed by atoms with van der Waals surface area (Å²) >= 11 is 0. The van der Waals surface area contributed by atoms with Gasteiger partial charge in [0.15, 0.2) is 5.82 Å². The molecule has 0 bridgehead atoms. The first-order valence-electron chi connectivity index (χ1n) is 14.1. The fourth-order valence-corrected chi connectivity index (χ4v) is 4.64. The lowest BCUT2D eigenvalue weighted by Crippen LogP contribution is -2.35. The number of esters is 1. The molecule has 1 aliphatic carbocycles. The molecule has 12 heteroatoms. The number of rotatable bonds is 11. The van der Waals surface area contributed by atoms with Crippen LogP contribution in [-0.2, 0) is 19.0 Å². The second-order valence-corrected chi connectivity index (χ2v) is 10.0. The number of amides is 2. The van der Waals surface area contributed by atoms with E-state index in [1.54, 1.807) is 0 Å². The summed E-state index contributed by atoms with van der Waals surface area (Å²) in [5, 5.41) is 5.30. The lowest BCUT2D eigenvalue weighted by atomic mass is 9.98. The van der Waals surface area contributed by atoms with Gasteiger partial charge in [-0.3, -0.25) is 19.2 Å². The number of aromatic amines is 1. The molecule has 4 rings (SSSR count). The van der Waals surface area contributed by atoms with Gasteiger partial charge in [-0.1, -0.05) is 67.1 Å². The first-order chi connectivity index (χ1) is 20.8. The predicted molar refractivity (Wildman–Crippen MR) is 154 cm³/mol. The van der Waals surface area contributed by atoms with Gasteiger partial charge in [-0.25, -0.2) is 9.78 Å². The van der Waals surface area contributed by atoms with E-state index in [-0.39, 0.29) is 30.5 Å². The first-order valence-corrected chi connectivity index (χ1v) is 14.1. The van der Waals surface area contributed by atoms with E-state index in [9.17, 15) is 24.0 Å². The van der Waals surface area contributed by atoms with Crippen molar-refractivity contribution in [2.75, 3.05) is 6.54 Å². The highest BCUT2D eigenvalue weighted by atomic mass is 16.8. The Bertz CT molecular complexity index is 1420. The maximum Gasteiger partial charge on any atom is 0.511 e. The van der Waals surface area contributed by atoms with Crippen LogP contribution in [0, 0.1) is 0 Å². The summed E-state index contributed by atoms with van der Waals surface area (Å²) < 4.78 is 15.2. The van der Waals surface area contributed by atoms with Gasteiger partial charge in [-0.2, -0.15) is 0 Å². The second-order valence-electron chi connectivity index (χ2n) is 10.0. The highest BCUT2D eigenvalue weighted by Gasteiger charge is 2.23. The molecule has 1 atom stereocenters. The first kappa shape index (κ1) is 30.9. The van der Waals surface area contributed by atoms with E-state index in [0.29, 0.717) is 0 Å². The minimum Gasteiger partial charge on any atom is -0.431 e. The van der Waals surface area contributed by atoms with E-state index in [2.05, 4.69) is 20.6 Å². The van der Waals surface area contributed by atoms with Crippen molar-refractivity contribution in [2.45, 2.75) is 63.9 Å². The molecular weight excluding hydrogens is 556 g/mol. The highest BCUT2D eigenvalue weighted by molar-refractivity contribution is 5.95. The molecule has 3 N–H and O–H groups in total. The average Bonchev–Trinajstić information content (AvgIpc) is 3.00. The molecule has 0 spiro atoms. The molecule has 0 saturated heterocycles. The third kappa shape index (κ3) is 9.25. The Kier molecular flexibility index (Phi) is 11.0. The Hall–Kier alpha value is -5.00. The molecule has 2 aromatic carbocycles. The van der Waals surface area contributed by atoms with Crippen LogP contribution in [0.15, 0.2) is 71.7 Å². The minimum absolute atomic E-state index is 0.140. The molecule has 0 radical (unpaired) electrons. The van der Waals surface area contributed by atoms with Crippen molar-refractivity contribution in [3.8, 4) is 0 Å². The van der Waals surface area contributed by atoms with E-state index < -0.39 is 41.8 Å². The van der Waals surface area contributed by atoms with Crippen LogP contribution in [0.5, 0.6) is 0 Å². The smallest absolute Gasteiger partial charge is 0.431 e. The number of carbonyl (C=O) groups excluding carboxylic acids is 4. The molecule has 226 valence electrons. The van der Waals surface area contributed by atoms with E-state index in [4.69, 9.17) is 14.2 Å². The van der Waals surface area contributed by atoms with Crippen LogP contribution in [0.3, 0.4) is 0 Å². The van der Waals surface area contributed by atoms with Crippen LogP contribution in [-0.4, -0.2) is 52.8 Å². The van der Waals surface area contributed by atoms with Crippen molar-refractivity contribution >= 4 is 23.9 Å². The number of H-pyrrole nitrogens is 1. The third-order valence-corrected chi connectivity index (χ3v) is 6.79. The fraction of sp³-hybridized carbons (Fsp3) is 0.355. The van der Waals surface area contributed by atoms with Crippen LogP contribution in [0.25, 0.3) is 0 Å². The maximum atomic E-state index is 13.0.